The third-order valence-corrected chi connectivity index (χ3v) is 4.31. The molecule has 1 amide bonds. The van der Waals surface area contributed by atoms with E-state index in [2.05, 4.69) is 12.2 Å². The van der Waals surface area contributed by atoms with E-state index in [-0.39, 0.29) is 5.76 Å². The van der Waals surface area contributed by atoms with Gasteiger partial charge in [-0.05, 0) is 12.5 Å². The lowest BCUT2D eigenvalue weighted by Gasteiger charge is -2.04. The number of furan rings is 1. The van der Waals surface area contributed by atoms with E-state index in [1.807, 2.05) is 0 Å². The Labute approximate surface area is 150 Å². The van der Waals surface area contributed by atoms with Gasteiger partial charge in [0.2, 0.25) is 0 Å². The highest BCUT2D eigenvalue weighted by Gasteiger charge is 2.16. The van der Waals surface area contributed by atoms with E-state index in [0.29, 0.717) is 6.54 Å². The molecule has 1 rings (SSSR count). The van der Waals surface area contributed by atoms with Gasteiger partial charge in [-0.1, -0.05) is 77.6 Å². The van der Waals surface area contributed by atoms with Crippen molar-refractivity contribution in [1.82, 2.24) is 5.32 Å². The lowest BCUT2D eigenvalue weighted by atomic mass is 10.1. The average molecular weight is 352 g/mol. The summed E-state index contributed by atoms with van der Waals surface area (Å²) in [6.07, 6.45) is 15.3. The van der Waals surface area contributed by atoms with Crippen molar-refractivity contribution in [3.8, 4) is 0 Å². The van der Waals surface area contributed by atoms with Crippen molar-refractivity contribution in [2.75, 3.05) is 6.54 Å². The molecule has 142 valence electrons. The molecule has 0 radical (unpaired) electrons. The van der Waals surface area contributed by atoms with Crippen molar-refractivity contribution in [2.45, 2.75) is 84.0 Å². The van der Waals surface area contributed by atoms with Gasteiger partial charge in [-0.3, -0.25) is 14.9 Å². The maximum atomic E-state index is 11.8. The molecule has 0 aliphatic carbocycles. The minimum Gasteiger partial charge on any atom is -0.395 e. The van der Waals surface area contributed by atoms with Gasteiger partial charge in [0.25, 0.3) is 5.91 Å². The van der Waals surface area contributed by atoms with Gasteiger partial charge in [0.1, 0.15) is 4.92 Å². The summed E-state index contributed by atoms with van der Waals surface area (Å²) in [5.41, 5.74) is 0. The van der Waals surface area contributed by atoms with Crippen LogP contribution in [0.25, 0.3) is 0 Å². The molecule has 6 nitrogen and oxygen atoms in total. The summed E-state index contributed by atoms with van der Waals surface area (Å²) in [4.78, 5) is 21.6. The summed E-state index contributed by atoms with van der Waals surface area (Å²) in [5, 5.41) is 13.2. The smallest absolute Gasteiger partial charge is 0.395 e. The number of carbonyl (C=O) groups is 1. The SMILES string of the molecule is CCCCCCCCCCCCCCNC(=O)c1ccc([N+](=O)[O-])o1. The first-order valence-electron chi connectivity index (χ1n) is 9.67. The average Bonchev–Trinajstić information content (AvgIpc) is 3.09. The molecule has 0 aliphatic rings. The summed E-state index contributed by atoms with van der Waals surface area (Å²) in [7, 11) is 0. The van der Waals surface area contributed by atoms with Crippen molar-refractivity contribution >= 4 is 11.8 Å². The van der Waals surface area contributed by atoms with Crippen LogP contribution in [-0.2, 0) is 0 Å². The Hall–Kier alpha value is -1.85. The number of nitro groups is 1. The molecular weight excluding hydrogens is 320 g/mol. The molecule has 0 saturated heterocycles. The molecule has 1 N–H and O–H groups in total. The van der Waals surface area contributed by atoms with E-state index in [4.69, 9.17) is 4.42 Å². The molecule has 1 heterocycles. The summed E-state index contributed by atoms with van der Waals surface area (Å²) in [6, 6.07) is 2.52. The second-order valence-corrected chi connectivity index (χ2v) is 6.54. The molecule has 1 aromatic heterocycles. The standard InChI is InChI=1S/C19H32N2O4/c1-2-3-4-5-6-7-8-9-10-11-12-13-16-20-19(22)17-14-15-18(25-17)21(23)24/h14-15H,2-13,16H2,1H3,(H,20,22). The third kappa shape index (κ3) is 9.89. The minimum atomic E-state index is -0.651. The van der Waals surface area contributed by atoms with Crippen LogP contribution in [0.1, 0.15) is 94.5 Å². The first kappa shape index (κ1) is 21.2. The van der Waals surface area contributed by atoms with E-state index >= 15 is 0 Å². The topological polar surface area (TPSA) is 85.4 Å². The van der Waals surface area contributed by atoms with Crippen LogP contribution in [0.4, 0.5) is 5.88 Å². The highest BCUT2D eigenvalue weighted by molar-refractivity contribution is 5.91. The Balaban J connectivity index is 1.91. The molecule has 0 bridgehead atoms. The zero-order valence-electron chi connectivity index (χ0n) is 15.4. The number of nitrogens with zero attached hydrogens (tertiary/aromatic N) is 1. The summed E-state index contributed by atoms with van der Waals surface area (Å²) in [6.45, 7) is 2.82. The minimum absolute atomic E-state index is 0.00867. The Bertz CT molecular complexity index is 499. The normalized spacial score (nSPS) is 10.8. The molecule has 0 aliphatic heterocycles. The van der Waals surface area contributed by atoms with E-state index in [9.17, 15) is 14.9 Å². The van der Waals surface area contributed by atoms with Crippen LogP contribution in [-0.4, -0.2) is 17.4 Å². The van der Waals surface area contributed by atoms with Crippen LogP contribution in [0.3, 0.4) is 0 Å². The fourth-order valence-electron chi connectivity index (χ4n) is 2.80. The molecule has 0 unspecified atom stereocenters. The predicted octanol–water partition coefficient (Wildman–Crippen LogP) is 5.62. The Kier molecular flexibility index (Phi) is 11.4. The maximum absolute atomic E-state index is 11.8. The number of unbranched alkanes of at least 4 members (excludes halogenated alkanes) is 11. The largest absolute Gasteiger partial charge is 0.433 e. The fraction of sp³-hybridized carbons (Fsp3) is 0.737. The molecular formula is C19H32N2O4. The molecule has 6 heteroatoms. The van der Waals surface area contributed by atoms with E-state index in [0.717, 1.165) is 12.8 Å². The van der Waals surface area contributed by atoms with Crippen LogP contribution in [0.5, 0.6) is 0 Å². The number of carbonyl (C=O) groups excluding carboxylic acids is 1. The molecule has 0 fully saturated rings. The quantitative estimate of drug-likeness (QED) is 0.252. The second-order valence-electron chi connectivity index (χ2n) is 6.54. The second kappa shape index (κ2) is 13.4. The number of rotatable bonds is 15. The van der Waals surface area contributed by atoms with Gasteiger partial charge in [0.15, 0.2) is 5.76 Å². The highest BCUT2D eigenvalue weighted by Crippen LogP contribution is 2.15. The van der Waals surface area contributed by atoms with Crippen molar-refractivity contribution in [1.29, 1.82) is 0 Å². The number of hydrogen-bond donors (Lipinski definition) is 1. The number of hydrogen-bond acceptors (Lipinski definition) is 4. The first-order chi connectivity index (χ1) is 12.1. The number of nitrogens with one attached hydrogen (secondary N) is 1. The van der Waals surface area contributed by atoms with E-state index in [1.165, 1.54) is 76.3 Å². The van der Waals surface area contributed by atoms with Crippen LogP contribution in [0.15, 0.2) is 16.5 Å². The van der Waals surface area contributed by atoms with E-state index < -0.39 is 16.7 Å². The number of amides is 1. The Morgan fingerprint density at radius 2 is 1.48 bits per heavy atom. The predicted molar refractivity (Wildman–Crippen MR) is 98.8 cm³/mol. The van der Waals surface area contributed by atoms with Crippen LogP contribution in [0.2, 0.25) is 0 Å². The highest BCUT2D eigenvalue weighted by atomic mass is 16.6. The van der Waals surface area contributed by atoms with Crippen molar-refractivity contribution in [2.24, 2.45) is 0 Å². The first-order valence-corrected chi connectivity index (χ1v) is 9.67. The summed E-state index contributed by atoms with van der Waals surface area (Å²) < 4.78 is 4.86. The van der Waals surface area contributed by atoms with Gasteiger partial charge in [-0.25, -0.2) is 0 Å². The lowest BCUT2D eigenvalue weighted by molar-refractivity contribution is -0.402. The summed E-state index contributed by atoms with van der Waals surface area (Å²) >= 11 is 0. The molecule has 0 saturated carbocycles. The molecule has 0 spiro atoms. The van der Waals surface area contributed by atoms with Crippen LogP contribution < -0.4 is 5.32 Å². The molecule has 0 aromatic carbocycles. The Morgan fingerprint density at radius 3 is 1.96 bits per heavy atom. The van der Waals surface area contributed by atoms with Crippen molar-refractivity contribution in [3.05, 3.63) is 28.0 Å². The van der Waals surface area contributed by atoms with Crippen LogP contribution in [0, 0.1) is 10.1 Å². The molecule has 1 aromatic rings. The zero-order valence-corrected chi connectivity index (χ0v) is 15.4. The monoisotopic (exact) mass is 352 g/mol. The van der Waals surface area contributed by atoms with Gasteiger partial charge in [-0.2, -0.15) is 0 Å². The van der Waals surface area contributed by atoms with Gasteiger partial charge in [-0.15, -0.1) is 0 Å². The van der Waals surface area contributed by atoms with Crippen molar-refractivity contribution in [3.63, 3.8) is 0 Å². The van der Waals surface area contributed by atoms with E-state index in [1.54, 1.807) is 0 Å². The molecule has 25 heavy (non-hydrogen) atoms. The zero-order chi connectivity index (χ0) is 18.3. The van der Waals surface area contributed by atoms with Gasteiger partial charge < -0.3 is 9.73 Å². The molecule has 0 atom stereocenters. The van der Waals surface area contributed by atoms with Crippen LogP contribution >= 0.6 is 0 Å². The van der Waals surface area contributed by atoms with Crippen molar-refractivity contribution < 1.29 is 14.1 Å². The Morgan fingerprint density at radius 1 is 0.960 bits per heavy atom. The van der Waals surface area contributed by atoms with Gasteiger partial charge in [0, 0.05) is 6.54 Å². The fourth-order valence-corrected chi connectivity index (χ4v) is 2.80. The van der Waals surface area contributed by atoms with Gasteiger partial charge in [0.05, 0.1) is 6.07 Å². The summed E-state index contributed by atoms with van der Waals surface area (Å²) in [5.74, 6) is -0.808. The van der Waals surface area contributed by atoms with Gasteiger partial charge >= 0.3 is 5.88 Å². The lowest BCUT2D eigenvalue weighted by Crippen LogP contribution is -2.23. The maximum Gasteiger partial charge on any atom is 0.433 e. The third-order valence-electron chi connectivity index (χ3n) is 4.31.